The monoisotopic (exact) mass is 323 g/mol. The van der Waals surface area contributed by atoms with Crippen molar-refractivity contribution in [2.24, 2.45) is 0 Å². The van der Waals surface area contributed by atoms with Gasteiger partial charge in [0.25, 0.3) is 0 Å². The van der Waals surface area contributed by atoms with Gasteiger partial charge in [0, 0.05) is 36.8 Å². The Morgan fingerprint density at radius 2 is 2.00 bits per heavy atom. The van der Waals surface area contributed by atoms with E-state index in [1.807, 2.05) is 13.1 Å². The summed E-state index contributed by atoms with van der Waals surface area (Å²) in [4.78, 5) is 11.8. The molecule has 0 saturated carbocycles. The van der Waals surface area contributed by atoms with Crippen molar-refractivity contribution in [3.63, 3.8) is 0 Å². The van der Waals surface area contributed by atoms with Gasteiger partial charge in [0.05, 0.1) is 5.69 Å². The summed E-state index contributed by atoms with van der Waals surface area (Å²) in [7, 11) is 0. The third-order valence-corrected chi connectivity index (χ3v) is 5.64. The van der Waals surface area contributed by atoms with Crippen LogP contribution in [0.4, 0.5) is 0 Å². The van der Waals surface area contributed by atoms with Gasteiger partial charge in [0.2, 0.25) is 6.79 Å². The Hall–Kier alpha value is -2.14. The zero-order chi connectivity index (χ0) is 16.3. The second-order valence-corrected chi connectivity index (χ2v) is 7.07. The lowest BCUT2D eigenvalue weighted by atomic mass is 9.97. The van der Waals surface area contributed by atoms with Crippen LogP contribution in [0.3, 0.4) is 0 Å². The number of hydrogen-bond acceptors (Lipinski definition) is 5. The van der Waals surface area contributed by atoms with E-state index in [1.54, 1.807) is 0 Å². The van der Waals surface area contributed by atoms with Gasteiger partial charge in [0.15, 0.2) is 11.5 Å². The molecule has 0 unspecified atom stereocenters. The summed E-state index contributed by atoms with van der Waals surface area (Å²) in [6.45, 7) is 5.41. The normalized spacial score (nSPS) is 24.2. The van der Waals surface area contributed by atoms with Gasteiger partial charge in [-0.25, -0.2) is 9.97 Å². The first-order chi connectivity index (χ1) is 11.7. The third-order valence-electron chi connectivity index (χ3n) is 5.64. The highest BCUT2D eigenvalue weighted by atomic mass is 16.7. The van der Waals surface area contributed by atoms with Crippen molar-refractivity contribution in [2.45, 2.75) is 51.7 Å². The number of aryl methyl sites for hydroxylation is 2. The number of rotatable bonds is 2. The van der Waals surface area contributed by atoms with Crippen LogP contribution in [-0.2, 0) is 13.0 Å². The van der Waals surface area contributed by atoms with Crippen molar-refractivity contribution in [3.05, 3.63) is 46.5 Å². The molecular weight excluding hydrogens is 302 g/mol. The fourth-order valence-electron chi connectivity index (χ4n) is 4.37. The minimum atomic E-state index is 0.331. The van der Waals surface area contributed by atoms with Crippen LogP contribution in [0.15, 0.2) is 18.3 Å². The van der Waals surface area contributed by atoms with Gasteiger partial charge in [-0.2, -0.15) is 0 Å². The molecule has 0 amide bonds. The van der Waals surface area contributed by atoms with Crippen molar-refractivity contribution >= 4 is 0 Å². The molecule has 2 aromatic rings. The summed E-state index contributed by atoms with van der Waals surface area (Å²) in [6, 6.07) is 5.29. The number of nitrogens with zero attached hydrogens (tertiary/aromatic N) is 3. The number of fused-ring (bicyclic) bond motifs is 5. The maximum Gasteiger partial charge on any atom is 0.231 e. The van der Waals surface area contributed by atoms with E-state index in [2.05, 4.69) is 33.9 Å². The van der Waals surface area contributed by atoms with Crippen LogP contribution in [0, 0.1) is 13.8 Å². The van der Waals surface area contributed by atoms with E-state index in [9.17, 15) is 0 Å². The van der Waals surface area contributed by atoms with E-state index in [0.717, 1.165) is 30.3 Å². The zero-order valence-corrected chi connectivity index (χ0v) is 14.1. The minimum absolute atomic E-state index is 0.331. The Balaban J connectivity index is 1.47. The van der Waals surface area contributed by atoms with E-state index in [-0.39, 0.29) is 0 Å². The molecule has 1 aromatic heterocycles. The van der Waals surface area contributed by atoms with Crippen molar-refractivity contribution in [2.75, 3.05) is 6.79 Å². The topological polar surface area (TPSA) is 47.5 Å². The van der Waals surface area contributed by atoms with E-state index in [1.165, 1.54) is 35.2 Å². The van der Waals surface area contributed by atoms with Crippen LogP contribution in [0.5, 0.6) is 11.5 Å². The van der Waals surface area contributed by atoms with Gasteiger partial charge in [-0.3, -0.25) is 4.90 Å². The molecule has 1 saturated heterocycles. The van der Waals surface area contributed by atoms with E-state index in [4.69, 9.17) is 9.47 Å². The van der Waals surface area contributed by atoms with Crippen molar-refractivity contribution in [3.8, 4) is 11.5 Å². The molecule has 2 bridgehead atoms. The van der Waals surface area contributed by atoms with Crippen LogP contribution in [0.25, 0.3) is 0 Å². The largest absolute Gasteiger partial charge is 0.454 e. The van der Waals surface area contributed by atoms with Crippen LogP contribution in [0.1, 0.15) is 47.1 Å². The molecule has 1 fully saturated rings. The molecule has 5 rings (SSSR count). The highest BCUT2D eigenvalue weighted by Crippen LogP contribution is 2.44. The predicted octanol–water partition coefficient (Wildman–Crippen LogP) is 3.08. The molecule has 5 nitrogen and oxygen atoms in total. The lowest BCUT2D eigenvalue weighted by Gasteiger charge is -2.36. The molecular formula is C19H21N3O2. The molecule has 0 spiro atoms. The third kappa shape index (κ3) is 2.11. The van der Waals surface area contributed by atoms with E-state index in [0.29, 0.717) is 18.9 Å². The molecule has 5 heteroatoms. The number of aromatic nitrogens is 2. The van der Waals surface area contributed by atoms with Crippen LogP contribution >= 0.6 is 0 Å². The van der Waals surface area contributed by atoms with Crippen molar-refractivity contribution < 1.29 is 9.47 Å². The molecule has 24 heavy (non-hydrogen) atoms. The quantitative estimate of drug-likeness (QED) is 0.850. The molecule has 4 heterocycles. The number of benzene rings is 1. The minimum Gasteiger partial charge on any atom is -0.454 e. The summed E-state index contributed by atoms with van der Waals surface area (Å²) in [5, 5.41) is 0. The molecule has 0 aliphatic carbocycles. The van der Waals surface area contributed by atoms with Gasteiger partial charge in [-0.05, 0) is 49.9 Å². The molecule has 124 valence electrons. The standard InChI is InChI=1S/C19H21N3O2/c1-11-5-18-19(24-10-23-18)6-13(11)9-22-14-3-4-17(22)15-8-20-12(2)21-16(15)7-14/h5-6,8,14,17H,3-4,7,9-10H2,1-2H3/t14-,17+/m0/s1. The smallest absolute Gasteiger partial charge is 0.231 e. The van der Waals surface area contributed by atoms with E-state index >= 15 is 0 Å². The number of hydrogen-bond donors (Lipinski definition) is 0. The molecule has 2 atom stereocenters. The SMILES string of the molecule is Cc1ncc2c(n1)C[C@@H]1CC[C@H]2N1Cc1cc2c(cc1C)OCO2. The van der Waals surface area contributed by atoms with Gasteiger partial charge in [-0.1, -0.05) is 0 Å². The van der Waals surface area contributed by atoms with Crippen molar-refractivity contribution in [1.29, 1.82) is 0 Å². The zero-order valence-electron chi connectivity index (χ0n) is 14.1. The van der Waals surface area contributed by atoms with Gasteiger partial charge in [-0.15, -0.1) is 0 Å². The Bertz CT molecular complexity index is 820. The average Bonchev–Trinajstić information content (AvgIpc) is 3.11. The van der Waals surface area contributed by atoms with Crippen LogP contribution in [-0.4, -0.2) is 27.7 Å². The Kier molecular flexibility index (Phi) is 3.07. The number of ether oxygens (including phenoxy) is 2. The summed E-state index contributed by atoms with van der Waals surface area (Å²) < 4.78 is 11.0. The lowest BCUT2D eigenvalue weighted by Crippen LogP contribution is -2.37. The van der Waals surface area contributed by atoms with Gasteiger partial charge < -0.3 is 9.47 Å². The van der Waals surface area contributed by atoms with Crippen LogP contribution < -0.4 is 9.47 Å². The first kappa shape index (κ1) is 14.2. The maximum absolute atomic E-state index is 5.56. The summed E-state index contributed by atoms with van der Waals surface area (Å²) >= 11 is 0. The first-order valence-corrected chi connectivity index (χ1v) is 8.66. The second kappa shape index (κ2) is 5.18. The molecule has 0 N–H and O–H groups in total. The highest BCUT2D eigenvalue weighted by Gasteiger charge is 2.40. The fourth-order valence-corrected chi connectivity index (χ4v) is 4.37. The van der Waals surface area contributed by atoms with Crippen LogP contribution in [0.2, 0.25) is 0 Å². The fraction of sp³-hybridized carbons (Fsp3) is 0.474. The predicted molar refractivity (Wildman–Crippen MR) is 89.1 cm³/mol. The summed E-state index contributed by atoms with van der Waals surface area (Å²) in [5.41, 5.74) is 5.18. The Morgan fingerprint density at radius 1 is 1.17 bits per heavy atom. The van der Waals surface area contributed by atoms with E-state index < -0.39 is 0 Å². The Labute approximate surface area is 141 Å². The highest BCUT2D eigenvalue weighted by molar-refractivity contribution is 5.48. The maximum atomic E-state index is 5.56. The molecule has 1 aromatic carbocycles. The van der Waals surface area contributed by atoms with Gasteiger partial charge in [0.1, 0.15) is 5.82 Å². The van der Waals surface area contributed by atoms with Gasteiger partial charge >= 0.3 is 0 Å². The van der Waals surface area contributed by atoms with Crippen molar-refractivity contribution in [1.82, 2.24) is 14.9 Å². The molecule has 3 aliphatic rings. The summed E-state index contributed by atoms with van der Waals surface area (Å²) in [5.74, 6) is 2.62. The summed E-state index contributed by atoms with van der Waals surface area (Å²) in [6.07, 6.45) is 5.53. The average molecular weight is 323 g/mol. The second-order valence-electron chi connectivity index (χ2n) is 7.07. The Morgan fingerprint density at radius 3 is 2.88 bits per heavy atom. The molecule has 0 radical (unpaired) electrons. The lowest BCUT2D eigenvalue weighted by molar-refractivity contribution is 0.165. The molecule has 3 aliphatic heterocycles. The first-order valence-electron chi connectivity index (χ1n) is 8.66.